The summed E-state index contributed by atoms with van der Waals surface area (Å²) in [5, 5.41) is 6.03. The maximum atomic E-state index is 12.8. The van der Waals surface area contributed by atoms with Crippen LogP contribution in [-0.4, -0.2) is 30.5 Å². The molecule has 2 rings (SSSR count). The molecule has 1 fully saturated rings. The minimum Gasteiger partial charge on any atom is -0.497 e. The van der Waals surface area contributed by atoms with Gasteiger partial charge in [-0.15, -0.1) is 0 Å². The zero-order valence-corrected chi connectivity index (χ0v) is 15.6. The molecule has 2 N–H and O–H groups in total. The van der Waals surface area contributed by atoms with Crippen molar-refractivity contribution >= 4 is 11.8 Å². The number of amides is 2. The smallest absolute Gasteiger partial charge is 0.245 e. The fraction of sp³-hybridized carbons (Fsp3) is 0.600. The summed E-state index contributed by atoms with van der Waals surface area (Å²) in [6.45, 7) is 3.50. The third-order valence-corrected chi connectivity index (χ3v) is 4.96. The number of rotatable bonds is 7. The van der Waals surface area contributed by atoms with Gasteiger partial charge in [-0.2, -0.15) is 0 Å². The molecule has 0 radical (unpaired) electrons. The van der Waals surface area contributed by atoms with Crippen LogP contribution in [0, 0.1) is 0 Å². The van der Waals surface area contributed by atoms with Gasteiger partial charge in [0.05, 0.1) is 7.11 Å². The SMILES string of the molecule is COc1ccc(CC[C@@H](C)NC(=O)C2(NC(C)=O)CCCCC2)cc1. The standard InChI is InChI=1S/C20H30N2O3/c1-15(7-8-17-9-11-18(25-3)12-10-17)21-19(24)20(22-16(2)23)13-5-4-6-14-20/h9-12,15H,4-8,13-14H2,1-3H3,(H,21,24)(H,22,23)/t15-/m1/s1. The molecule has 0 saturated heterocycles. The Morgan fingerprint density at radius 3 is 2.36 bits per heavy atom. The lowest BCUT2D eigenvalue weighted by Crippen LogP contribution is -2.60. The van der Waals surface area contributed by atoms with Crippen LogP contribution in [0.15, 0.2) is 24.3 Å². The lowest BCUT2D eigenvalue weighted by atomic mass is 9.80. The zero-order chi connectivity index (χ0) is 18.3. The van der Waals surface area contributed by atoms with Gasteiger partial charge in [0.1, 0.15) is 11.3 Å². The Bertz CT molecular complexity index is 577. The fourth-order valence-corrected chi connectivity index (χ4v) is 3.51. The molecule has 5 heteroatoms. The van der Waals surface area contributed by atoms with Crippen LogP contribution < -0.4 is 15.4 Å². The second-order valence-corrected chi connectivity index (χ2v) is 7.09. The lowest BCUT2D eigenvalue weighted by Gasteiger charge is -2.37. The molecule has 138 valence electrons. The van der Waals surface area contributed by atoms with Gasteiger partial charge in [-0.1, -0.05) is 31.4 Å². The molecular weight excluding hydrogens is 316 g/mol. The van der Waals surface area contributed by atoms with E-state index in [-0.39, 0.29) is 17.9 Å². The number of hydrogen-bond acceptors (Lipinski definition) is 3. The van der Waals surface area contributed by atoms with Crippen LogP contribution in [0.4, 0.5) is 0 Å². The highest BCUT2D eigenvalue weighted by Gasteiger charge is 2.40. The Balaban J connectivity index is 1.89. The highest BCUT2D eigenvalue weighted by molar-refractivity contribution is 5.91. The van der Waals surface area contributed by atoms with Gasteiger partial charge in [0, 0.05) is 13.0 Å². The maximum Gasteiger partial charge on any atom is 0.245 e. The minimum atomic E-state index is -0.724. The molecule has 5 nitrogen and oxygen atoms in total. The predicted molar refractivity (Wildman–Crippen MR) is 98.6 cm³/mol. The number of aryl methyl sites for hydroxylation is 1. The van der Waals surface area contributed by atoms with Crippen molar-refractivity contribution in [3.8, 4) is 5.75 Å². The van der Waals surface area contributed by atoms with E-state index in [9.17, 15) is 9.59 Å². The quantitative estimate of drug-likeness (QED) is 0.797. The van der Waals surface area contributed by atoms with Crippen molar-refractivity contribution in [2.24, 2.45) is 0 Å². The second-order valence-electron chi connectivity index (χ2n) is 7.09. The van der Waals surface area contributed by atoms with Crippen molar-refractivity contribution < 1.29 is 14.3 Å². The number of hydrogen-bond donors (Lipinski definition) is 2. The van der Waals surface area contributed by atoms with Crippen molar-refractivity contribution in [3.63, 3.8) is 0 Å². The van der Waals surface area contributed by atoms with Crippen LogP contribution in [0.3, 0.4) is 0 Å². The Morgan fingerprint density at radius 2 is 1.80 bits per heavy atom. The number of benzene rings is 1. The third-order valence-electron chi connectivity index (χ3n) is 4.96. The van der Waals surface area contributed by atoms with Crippen LogP contribution in [-0.2, 0) is 16.0 Å². The van der Waals surface area contributed by atoms with E-state index < -0.39 is 5.54 Å². The number of ether oxygens (including phenoxy) is 1. The maximum absolute atomic E-state index is 12.8. The first-order valence-corrected chi connectivity index (χ1v) is 9.18. The molecule has 0 aliphatic heterocycles. The highest BCUT2D eigenvalue weighted by atomic mass is 16.5. The van der Waals surface area contributed by atoms with Crippen molar-refractivity contribution in [3.05, 3.63) is 29.8 Å². The fourth-order valence-electron chi connectivity index (χ4n) is 3.51. The van der Waals surface area contributed by atoms with Crippen LogP contribution in [0.5, 0.6) is 5.75 Å². The first-order valence-electron chi connectivity index (χ1n) is 9.18. The van der Waals surface area contributed by atoms with Gasteiger partial charge in [-0.05, 0) is 50.3 Å². The van der Waals surface area contributed by atoms with E-state index in [1.165, 1.54) is 12.5 Å². The van der Waals surface area contributed by atoms with Crippen LogP contribution in [0.25, 0.3) is 0 Å². The predicted octanol–water partition coefficient (Wildman–Crippen LogP) is 2.97. The number of methoxy groups -OCH3 is 1. The van der Waals surface area contributed by atoms with Gasteiger partial charge in [-0.25, -0.2) is 0 Å². The van der Waals surface area contributed by atoms with E-state index in [0.29, 0.717) is 0 Å². The van der Waals surface area contributed by atoms with Crippen LogP contribution in [0.1, 0.15) is 57.9 Å². The summed E-state index contributed by atoms with van der Waals surface area (Å²) >= 11 is 0. The Hall–Kier alpha value is -2.04. The summed E-state index contributed by atoms with van der Waals surface area (Å²) < 4.78 is 5.17. The van der Waals surface area contributed by atoms with E-state index in [1.54, 1.807) is 7.11 Å². The molecule has 1 atom stereocenters. The molecule has 0 heterocycles. The van der Waals surface area contributed by atoms with E-state index in [1.807, 2.05) is 31.2 Å². The van der Waals surface area contributed by atoms with Gasteiger partial charge in [0.15, 0.2) is 0 Å². The largest absolute Gasteiger partial charge is 0.497 e. The Labute approximate surface area is 150 Å². The number of carbonyl (C=O) groups is 2. The van der Waals surface area contributed by atoms with Gasteiger partial charge in [-0.3, -0.25) is 9.59 Å². The molecule has 25 heavy (non-hydrogen) atoms. The zero-order valence-electron chi connectivity index (χ0n) is 15.6. The lowest BCUT2D eigenvalue weighted by molar-refractivity contribution is -0.134. The van der Waals surface area contributed by atoms with E-state index >= 15 is 0 Å². The monoisotopic (exact) mass is 346 g/mol. The van der Waals surface area contributed by atoms with Gasteiger partial charge in [0.2, 0.25) is 11.8 Å². The van der Waals surface area contributed by atoms with Crippen molar-refractivity contribution in [2.75, 3.05) is 7.11 Å². The molecule has 1 aliphatic carbocycles. The van der Waals surface area contributed by atoms with E-state index in [2.05, 4.69) is 10.6 Å². The number of carbonyl (C=O) groups excluding carboxylic acids is 2. The average molecular weight is 346 g/mol. The molecule has 1 aliphatic rings. The van der Waals surface area contributed by atoms with Crippen molar-refractivity contribution in [1.29, 1.82) is 0 Å². The molecule has 0 bridgehead atoms. The topological polar surface area (TPSA) is 67.4 Å². The Kier molecular flexibility index (Phi) is 6.85. The molecule has 0 aromatic heterocycles. The first-order chi connectivity index (χ1) is 11.9. The van der Waals surface area contributed by atoms with E-state index in [4.69, 9.17) is 4.74 Å². The Morgan fingerprint density at radius 1 is 1.16 bits per heavy atom. The molecule has 1 aromatic rings. The average Bonchev–Trinajstić information content (AvgIpc) is 2.60. The van der Waals surface area contributed by atoms with Crippen molar-refractivity contribution in [2.45, 2.75) is 70.4 Å². The minimum absolute atomic E-state index is 0.0374. The molecule has 0 spiro atoms. The molecule has 1 aromatic carbocycles. The summed E-state index contributed by atoms with van der Waals surface area (Å²) in [5.74, 6) is 0.673. The third kappa shape index (κ3) is 5.48. The highest BCUT2D eigenvalue weighted by Crippen LogP contribution is 2.28. The summed E-state index contributed by atoms with van der Waals surface area (Å²) in [6.07, 6.45) is 6.28. The molecular formula is C20H30N2O3. The van der Waals surface area contributed by atoms with Gasteiger partial charge < -0.3 is 15.4 Å². The summed E-state index contributed by atoms with van der Waals surface area (Å²) in [7, 11) is 1.66. The summed E-state index contributed by atoms with van der Waals surface area (Å²) in [4.78, 5) is 24.4. The molecule has 0 unspecified atom stereocenters. The van der Waals surface area contributed by atoms with Gasteiger partial charge in [0.25, 0.3) is 0 Å². The molecule has 2 amide bonds. The van der Waals surface area contributed by atoms with Gasteiger partial charge >= 0.3 is 0 Å². The molecule has 1 saturated carbocycles. The van der Waals surface area contributed by atoms with Crippen LogP contribution >= 0.6 is 0 Å². The summed E-state index contributed by atoms with van der Waals surface area (Å²) in [6, 6.07) is 8.06. The normalized spacial score (nSPS) is 17.4. The van der Waals surface area contributed by atoms with Crippen molar-refractivity contribution in [1.82, 2.24) is 10.6 Å². The van der Waals surface area contributed by atoms with E-state index in [0.717, 1.165) is 50.7 Å². The first kappa shape index (κ1) is 19.3. The second kappa shape index (κ2) is 8.88. The van der Waals surface area contributed by atoms with Crippen LogP contribution in [0.2, 0.25) is 0 Å². The number of nitrogens with one attached hydrogen (secondary N) is 2. The summed E-state index contributed by atoms with van der Waals surface area (Å²) in [5.41, 5.74) is 0.495.